The molecule has 2 aromatic rings. The number of nitrogens with one attached hydrogen (secondary N) is 1. The maximum Gasteiger partial charge on any atom is 0.262 e. The summed E-state index contributed by atoms with van der Waals surface area (Å²) < 4.78 is 0. The molecule has 5 nitrogen and oxygen atoms in total. The maximum absolute atomic E-state index is 13.8. The average Bonchev–Trinajstić information content (AvgIpc) is 3.07. The van der Waals surface area contributed by atoms with E-state index in [1.165, 1.54) is 43.4 Å². The number of amides is 3. The van der Waals surface area contributed by atoms with Crippen LogP contribution in [0.4, 0.5) is 0 Å². The maximum atomic E-state index is 13.8. The summed E-state index contributed by atoms with van der Waals surface area (Å²) in [5, 5.41) is 3.32. The van der Waals surface area contributed by atoms with Crippen LogP contribution < -0.4 is 5.32 Å². The number of hydrogen-bond acceptors (Lipinski definition) is 3. The molecule has 3 amide bonds. The first-order valence-electron chi connectivity index (χ1n) is 12.7. The smallest absolute Gasteiger partial charge is 0.262 e. The molecule has 1 heterocycles. The van der Waals surface area contributed by atoms with Crippen molar-refractivity contribution in [2.75, 3.05) is 0 Å². The third-order valence-electron chi connectivity index (χ3n) is 9.07. The van der Waals surface area contributed by atoms with Gasteiger partial charge in [-0.2, -0.15) is 0 Å². The van der Waals surface area contributed by atoms with E-state index in [1.807, 2.05) is 30.3 Å². The van der Waals surface area contributed by atoms with E-state index in [1.54, 1.807) is 24.3 Å². The summed E-state index contributed by atoms with van der Waals surface area (Å²) in [7, 11) is 0. The van der Waals surface area contributed by atoms with E-state index < -0.39 is 6.04 Å². The van der Waals surface area contributed by atoms with Gasteiger partial charge >= 0.3 is 0 Å². The van der Waals surface area contributed by atoms with E-state index in [4.69, 9.17) is 0 Å². The highest BCUT2D eigenvalue weighted by molar-refractivity contribution is 6.22. The molecule has 0 aromatic heterocycles. The van der Waals surface area contributed by atoms with Crippen LogP contribution >= 0.6 is 0 Å². The van der Waals surface area contributed by atoms with E-state index in [2.05, 4.69) is 12.2 Å². The number of imide groups is 1. The Morgan fingerprint density at radius 3 is 1.91 bits per heavy atom. The van der Waals surface area contributed by atoms with Crippen molar-refractivity contribution >= 4 is 17.7 Å². The molecule has 4 aliphatic carbocycles. The molecule has 1 aliphatic heterocycles. The molecule has 34 heavy (non-hydrogen) atoms. The zero-order valence-electron chi connectivity index (χ0n) is 19.7. The Balaban J connectivity index is 1.28. The fourth-order valence-electron chi connectivity index (χ4n) is 7.80. The number of carbonyl (C=O) groups is 3. The van der Waals surface area contributed by atoms with Crippen LogP contribution in [0.2, 0.25) is 0 Å². The van der Waals surface area contributed by atoms with Gasteiger partial charge in [0.15, 0.2) is 0 Å². The van der Waals surface area contributed by atoms with E-state index in [-0.39, 0.29) is 29.2 Å². The van der Waals surface area contributed by atoms with Crippen molar-refractivity contribution in [3.05, 3.63) is 71.3 Å². The first-order valence-corrected chi connectivity index (χ1v) is 12.7. The van der Waals surface area contributed by atoms with E-state index in [0.717, 1.165) is 23.3 Å². The molecule has 176 valence electrons. The molecule has 0 saturated heterocycles. The Morgan fingerprint density at radius 1 is 0.882 bits per heavy atom. The molecule has 0 unspecified atom stereocenters. The van der Waals surface area contributed by atoms with Crippen LogP contribution in [0.25, 0.3) is 0 Å². The van der Waals surface area contributed by atoms with Gasteiger partial charge in [-0.1, -0.05) is 42.5 Å². The summed E-state index contributed by atoms with van der Waals surface area (Å²) in [6, 6.07) is 15.7. The predicted octanol–water partition coefficient (Wildman–Crippen LogP) is 4.62. The Morgan fingerprint density at radius 2 is 1.38 bits per heavy atom. The number of fused-ring (bicyclic) bond motifs is 1. The van der Waals surface area contributed by atoms with Gasteiger partial charge in [0.1, 0.15) is 6.04 Å². The minimum atomic E-state index is -0.869. The topological polar surface area (TPSA) is 66.5 Å². The molecule has 4 bridgehead atoms. The largest absolute Gasteiger partial charge is 0.351 e. The molecule has 0 spiro atoms. The lowest BCUT2D eigenvalue weighted by atomic mass is 9.48. The second-order valence-electron chi connectivity index (χ2n) is 11.2. The summed E-state index contributed by atoms with van der Waals surface area (Å²) in [4.78, 5) is 41.6. The Kier molecular flexibility index (Phi) is 5.12. The zero-order valence-corrected chi connectivity index (χ0v) is 19.7. The van der Waals surface area contributed by atoms with Crippen molar-refractivity contribution in [1.29, 1.82) is 0 Å². The summed E-state index contributed by atoms with van der Waals surface area (Å²) in [5.74, 6) is 1.41. The molecule has 4 fully saturated rings. The molecule has 2 atom stereocenters. The molecule has 5 heteroatoms. The van der Waals surface area contributed by atoms with Gasteiger partial charge in [0.05, 0.1) is 11.1 Å². The number of hydrogen-bond donors (Lipinski definition) is 1. The molecule has 7 rings (SSSR count). The molecule has 1 N–H and O–H groups in total. The van der Waals surface area contributed by atoms with Crippen molar-refractivity contribution in [2.24, 2.45) is 23.2 Å². The van der Waals surface area contributed by atoms with E-state index in [9.17, 15) is 14.4 Å². The predicted molar refractivity (Wildman–Crippen MR) is 129 cm³/mol. The van der Waals surface area contributed by atoms with Gasteiger partial charge in [0, 0.05) is 12.5 Å². The second-order valence-corrected chi connectivity index (χ2v) is 11.2. The highest BCUT2D eigenvalue weighted by Gasteiger charge is 2.54. The summed E-state index contributed by atoms with van der Waals surface area (Å²) in [5.41, 5.74) is 1.85. The van der Waals surface area contributed by atoms with Crippen LogP contribution in [0.1, 0.15) is 71.7 Å². The molecular weight excluding hydrogens is 424 g/mol. The van der Waals surface area contributed by atoms with Crippen molar-refractivity contribution in [3.63, 3.8) is 0 Å². The van der Waals surface area contributed by atoms with Crippen molar-refractivity contribution in [2.45, 2.75) is 64.0 Å². The van der Waals surface area contributed by atoms with Gasteiger partial charge in [0.2, 0.25) is 5.91 Å². The van der Waals surface area contributed by atoms with Gasteiger partial charge in [-0.25, -0.2) is 0 Å². The first kappa shape index (κ1) is 21.6. The molecule has 4 saturated carbocycles. The molecule has 2 aromatic carbocycles. The van der Waals surface area contributed by atoms with Gasteiger partial charge < -0.3 is 5.32 Å². The van der Waals surface area contributed by atoms with E-state index >= 15 is 0 Å². The highest BCUT2D eigenvalue weighted by Crippen LogP contribution is 2.61. The fraction of sp³-hybridized carbons (Fsp3) is 0.483. The van der Waals surface area contributed by atoms with Crippen molar-refractivity contribution < 1.29 is 14.4 Å². The zero-order chi connectivity index (χ0) is 23.4. The second kappa shape index (κ2) is 8.07. The first-order chi connectivity index (χ1) is 16.4. The Labute approximate surface area is 200 Å². The molecule has 5 aliphatic rings. The molecular formula is C29H32N2O3. The minimum Gasteiger partial charge on any atom is -0.351 e. The SMILES string of the molecule is C[C@@H](NC(=O)[C@@H](Cc1ccccc1)N1C(=O)c2ccccc2C1=O)C12CC3CC(CC(C3)C1)C2. The van der Waals surface area contributed by atoms with Crippen LogP contribution in [0, 0.1) is 23.2 Å². The van der Waals surface area contributed by atoms with Gasteiger partial charge in [-0.05, 0) is 86.3 Å². The van der Waals surface area contributed by atoms with Crippen LogP contribution in [0.5, 0.6) is 0 Å². The highest BCUT2D eigenvalue weighted by atomic mass is 16.2. The minimum absolute atomic E-state index is 0.0295. The Hall–Kier alpha value is -2.95. The fourth-order valence-corrected chi connectivity index (χ4v) is 7.80. The van der Waals surface area contributed by atoms with Crippen LogP contribution in [-0.4, -0.2) is 34.7 Å². The van der Waals surface area contributed by atoms with Gasteiger partial charge in [0.25, 0.3) is 11.8 Å². The third kappa shape index (κ3) is 3.48. The average molecular weight is 457 g/mol. The summed E-state index contributed by atoms with van der Waals surface area (Å²) >= 11 is 0. The molecule has 0 radical (unpaired) electrons. The lowest BCUT2D eigenvalue weighted by Gasteiger charge is -2.59. The van der Waals surface area contributed by atoms with Crippen LogP contribution in [0.3, 0.4) is 0 Å². The number of benzene rings is 2. The third-order valence-corrected chi connectivity index (χ3v) is 9.07. The number of rotatable bonds is 6. The van der Waals surface area contributed by atoms with Crippen molar-refractivity contribution in [1.82, 2.24) is 10.2 Å². The van der Waals surface area contributed by atoms with Crippen molar-refractivity contribution in [3.8, 4) is 0 Å². The van der Waals surface area contributed by atoms with Crippen LogP contribution in [0.15, 0.2) is 54.6 Å². The van der Waals surface area contributed by atoms with Gasteiger partial charge in [-0.3, -0.25) is 19.3 Å². The summed E-state index contributed by atoms with van der Waals surface area (Å²) in [6.07, 6.45) is 7.94. The monoisotopic (exact) mass is 456 g/mol. The van der Waals surface area contributed by atoms with Gasteiger partial charge in [-0.15, -0.1) is 0 Å². The lowest BCUT2D eigenvalue weighted by molar-refractivity contribution is -0.129. The quantitative estimate of drug-likeness (QED) is 0.646. The van der Waals surface area contributed by atoms with Crippen LogP contribution in [-0.2, 0) is 11.2 Å². The normalized spacial score (nSPS) is 30.9. The van der Waals surface area contributed by atoms with E-state index in [0.29, 0.717) is 17.5 Å². The number of nitrogens with zero attached hydrogens (tertiary/aromatic N) is 1. The number of carbonyl (C=O) groups excluding carboxylic acids is 3. The standard InChI is InChI=1S/C29H32N2O3/c1-18(29-15-20-11-21(16-29)13-22(12-20)17-29)30-26(32)25(14-19-7-3-2-4-8-19)31-27(33)23-9-5-6-10-24(23)28(31)34/h2-10,18,20-22,25H,11-17H2,1H3,(H,30,32)/t18-,20?,21?,22?,25-,29?/m1/s1. The lowest BCUT2D eigenvalue weighted by Crippen LogP contribution is -2.59. The Bertz CT molecular complexity index is 1070. The summed E-state index contributed by atoms with van der Waals surface area (Å²) in [6.45, 7) is 2.15.